The smallest absolute Gasteiger partial charge is 0.0233 e. The Morgan fingerprint density at radius 1 is 1.67 bits per heavy atom. The molecule has 0 bridgehead atoms. The topological polar surface area (TPSA) is 3.24 Å². The predicted octanol–water partition coefficient (Wildman–Crippen LogP) is 1.46. The van der Waals surface area contributed by atoms with Crippen LogP contribution in [0.15, 0.2) is 6.08 Å². The second-order valence-corrected chi connectivity index (χ2v) is 2.47. The van der Waals surface area contributed by atoms with Gasteiger partial charge in [-0.05, 0) is 25.5 Å². The summed E-state index contributed by atoms with van der Waals surface area (Å²) >= 11 is 0. The van der Waals surface area contributed by atoms with E-state index < -0.39 is 0 Å². The molecule has 0 unspecified atom stereocenters. The van der Waals surface area contributed by atoms with Gasteiger partial charge in [0.2, 0.25) is 0 Å². The molecular formula is C8H14N. The van der Waals surface area contributed by atoms with Gasteiger partial charge in [-0.3, -0.25) is 4.90 Å². The summed E-state index contributed by atoms with van der Waals surface area (Å²) in [6, 6.07) is 0. The molecule has 0 fully saturated rings. The van der Waals surface area contributed by atoms with Crippen LogP contribution < -0.4 is 0 Å². The second kappa shape index (κ2) is 3.67. The molecule has 0 amide bonds. The Hall–Kier alpha value is -0.300. The van der Waals surface area contributed by atoms with Gasteiger partial charge in [0, 0.05) is 13.1 Å². The van der Waals surface area contributed by atoms with Crippen LogP contribution in [0.1, 0.15) is 19.8 Å². The number of rotatable bonds is 2. The van der Waals surface area contributed by atoms with Crippen molar-refractivity contribution in [1.82, 2.24) is 4.90 Å². The highest BCUT2D eigenvalue weighted by atomic mass is 15.1. The summed E-state index contributed by atoms with van der Waals surface area (Å²) in [6.07, 6.45) is 7.83. The minimum Gasteiger partial charge on any atom is -0.299 e. The Bertz CT molecular complexity index is 96.7. The third-order valence-electron chi connectivity index (χ3n) is 1.59. The summed E-state index contributed by atoms with van der Waals surface area (Å²) in [5.41, 5.74) is 0. The van der Waals surface area contributed by atoms with Crippen LogP contribution in [0.2, 0.25) is 0 Å². The monoisotopic (exact) mass is 124 g/mol. The molecule has 1 heterocycles. The number of hydrogen-bond acceptors (Lipinski definition) is 1. The van der Waals surface area contributed by atoms with Crippen LogP contribution in [0.25, 0.3) is 0 Å². The molecule has 1 radical (unpaired) electrons. The Kier molecular flexibility index (Phi) is 2.78. The second-order valence-electron chi connectivity index (χ2n) is 2.47. The highest BCUT2D eigenvalue weighted by Gasteiger charge is 2.02. The maximum atomic E-state index is 3.22. The molecule has 9 heavy (non-hydrogen) atoms. The van der Waals surface area contributed by atoms with Gasteiger partial charge in [0.15, 0.2) is 0 Å². The third-order valence-corrected chi connectivity index (χ3v) is 1.59. The van der Waals surface area contributed by atoms with Crippen molar-refractivity contribution in [2.45, 2.75) is 19.8 Å². The molecule has 1 aliphatic heterocycles. The van der Waals surface area contributed by atoms with Gasteiger partial charge in [-0.2, -0.15) is 0 Å². The summed E-state index contributed by atoms with van der Waals surface area (Å²) in [4.78, 5) is 2.43. The average Bonchev–Trinajstić information content (AvgIpc) is 1.91. The van der Waals surface area contributed by atoms with E-state index in [4.69, 9.17) is 0 Å². The normalized spacial score (nSPS) is 20.6. The molecule has 0 atom stereocenters. The maximum Gasteiger partial charge on any atom is 0.0233 e. The zero-order valence-corrected chi connectivity index (χ0v) is 6.06. The van der Waals surface area contributed by atoms with Crippen molar-refractivity contribution in [3.8, 4) is 0 Å². The van der Waals surface area contributed by atoms with Crippen LogP contribution in [-0.4, -0.2) is 24.5 Å². The van der Waals surface area contributed by atoms with Crippen molar-refractivity contribution in [3.05, 3.63) is 12.2 Å². The molecule has 1 aliphatic rings. The highest BCUT2D eigenvalue weighted by Crippen LogP contribution is 1.99. The van der Waals surface area contributed by atoms with Gasteiger partial charge in [0.05, 0.1) is 0 Å². The van der Waals surface area contributed by atoms with Crippen LogP contribution >= 0.6 is 0 Å². The van der Waals surface area contributed by atoms with E-state index in [9.17, 15) is 0 Å². The first kappa shape index (κ1) is 6.81. The van der Waals surface area contributed by atoms with Gasteiger partial charge < -0.3 is 0 Å². The molecule has 0 aromatic rings. The SMILES string of the molecule is CCCN1C[C]=CCC1. The Labute approximate surface area is 57.4 Å². The largest absolute Gasteiger partial charge is 0.299 e. The Morgan fingerprint density at radius 2 is 2.56 bits per heavy atom. The van der Waals surface area contributed by atoms with Crippen LogP contribution in [-0.2, 0) is 0 Å². The molecule has 51 valence electrons. The Balaban J connectivity index is 2.18. The van der Waals surface area contributed by atoms with E-state index in [2.05, 4.69) is 24.0 Å². The summed E-state index contributed by atoms with van der Waals surface area (Å²) in [5, 5.41) is 0. The standard InChI is InChI=1S/C8H14N/c1-2-6-9-7-4-3-5-8-9/h3H,2,4,6-8H2,1H3. The van der Waals surface area contributed by atoms with Gasteiger partial charge in [-0.1, -0.05) is 13.0 Å². The first-order valence-electron chi connectivity index (χ1n) is 3.71. The average molecular weight is 124 g/mol. The van der Waals surface area contributed by atoms with Crippen molar-refractivity contribution >= 4 is 0 Å². The molecule has 1 rings (SSSR count). The minimum atomic E-state index is 1.05. The summed E-state index contributed by atoms with van der Waals surface area (Å²) < 4.78 is 0. The van der Waals surface area contributed by atoms with Crippen molar-refractivity contribution < 1.29 is 0 Å². The number of nitrogens with zero attached hydrogens (tertiary/aromatic N) is 1. The van der Waals surface area contributed by atoms with E-state index in [0.29, 0.717) is 0 Å². The van der Waals surface area contributed by atoms with Crippen molar-refractivity contribution in [3.63, 3.8) is 0 Å². The molecule has 0 aromatic carbocycles. The lowest BCUT2D eigenvalue weighted by Crippen LogP contribution is -2.27. The van der Waals surface area contributed by atoms with Gasteiger partial charge in [0.1, 0.15) is 0 Å². The Morgan fingerprint density at radius 3 is 3.11 bits per heavy atom. The van der Waals surface area contributed by atoms with E-state index in [0.717, 1.165) is 6.54 Å². The van der Waals surface area contributed by atoms with Crippen LogP contribution in [0.3, 0.4) is 0 Å². The summed E-state index contributed by atoms with van der Waals surface area (Å²) in [5.74, 6) is 0. The van der Waals surface area contributed by atoms with Crippen LogP contribution in [0, 0.1) is 6.08 Å². The molecule has 0 saturated carbocycles. The third kappa shape index (κ3) is 2.19. The van der Waals surface area contributed by atoms with Crippen molar-refractivity contribution in [2.75, 3.05) is 19.6 Å². The summed E-state index contributed by atoms with van der Waals surface area (Å²) in [7, 11) is 0. The van der Waals surface area contributed by atoms with Crippen LogP contribution in [0.5, 0.6) is 0 Å². The quantitative estimate of drug-likeness (QED) is 0.538. The minimum absolute atomic E-state index is 1.05. The molecule has 0 N–H and O–H groups in total. The fourth-order valence-corrected chi connectivity index (χ4v) is 1.13. The van der Waals surface area contributed by atoms with E-state index >= 15 is 0 Å². The first-order valence-corrected chi connectivity index (χ1v) is 3.71. The van der Waals surface area contributed by atoms with E-state index in [-0.39, 0.29) is 0 Å². The zero-order valence-electron chi connectivity index (χ0n) is 6.06. The molecule has 0 saturated heterocycles. The van der Waals surface area contributed by atoms with Gasteiger partial charge in [-0.25, -0.2) is 0 Å². The van der Waals surface area contributed by atoms with Crippen LogP contribution in [0.4, 0.5) is 0 Å². The lowest BCUT2D eigenvalue weighted by molar-refractivity contribution is 0.295. The first-order chi connectivity index (χ1) is 4.43. The van der Waals surface area contributed by atoms with Crippen molar-refractivity contribution in [2.24, 2.45) is 0 Å². The predicted molar refractivity (Wildman–Crippen MR) is 39.2 cm³/mol. The fraction of sp³-hybridized carbons (Fsp3) is 0.750. The fourth-order valence-electron chi connectivity index (χ4n) is 1.13. The maximum absolute atomic E-state index is 3.22. The van der Waals surface area contributed by atoms with Gasteiger partial charge >= 0.3 is 0 Å². The lowest BCUT2D eigenvalue weighted by atomic mass is 10.2. The molecule has 1 nitrogen and oxygen atoms in total. The lowest BCUT2D eigenvalue weighted by Gasteiger charge is -2.21. The molecule has 0 aromatic heterocycles. The van der Waals surface area contributed by atoms with Gasteiger partial charge in [0.25, 0.3) is 0 Å². The van der Waals surface area contributed by atoms with Gasteiger partial charge in [-0.15, -0.1) is 0 Å². The molecule has 0 aliphatic carbocycles. The van der Waals surface area contributed by atoms with E-state index in [1.165, 1.54) is 25.9 Å². The number of hydrogen-bond donors (Lipinski definition) is 0. The molecule has 1 heteroatoms. The zero-order chi connectivity index (χ0) is 6.53. The van der Waals surface area contributed by atoms with Crippen molar-refractivity contribution in [1.29, 1.82) is 0 Å². The van der Waals surface area contributed by atoms with E-state index in [1.807, 2.05) is 0 Å². The molecular weight excluding hydrogens is 110 g/mol. The summed E-state index contributed by atoms with van der Waals surface area (Å²) in [6.45, 7) is 5.74. The highest BCUT2D eigenvalue weighted by molar-refractivity contribution is 4.83. The van der Waals surface area contributed by atoms with E-state index in [1.54, 1.807) is 0 Å². The molecule has 0 spiro atoms.